The summed E-state index contributed by atoms with van der Waals surface area (Å²) in [7, 11) is 3.13. The minimum atomic E-state index is -0.224. The summed E-state index contributed by atoms with van der Waals surface area (Å²) in [6.07, 6.45) is 1.65. The minimum absolute atomic E-state index is 0.0960. The van der Waals surface area contributed by atoms with Gasteiger partial charge < -0.3 is 29.0 Å². The molecule has 0 atom stereocenters. The zero-order valence-corrected chi connectivity index (χ0v) is 17.4. The molecule has 1 fully saturated rings. The SMILES string of the molecule is COc1ccc(/C=C2\Oc3c(C[NH+]4CCOCC4)c([O-])cc(C)c3C2=O)c(OC)c1. The number of Topliss-reactive ketones (excluding diaryl/α,β-unsaturated/α-hetero) is 1. The Morgan fingerprint density at radius 3 is 2.63 bits per heavy atom. The monoisotopic (exact) mass is 411 g/mol. The summed E-state index contributed by atoms with van der Waals surface area (Å²) in [5, 5.41) is 12.7. The Labute approximate surface area is 175 Å². The van der Waals surface area contributed by atoms with Gasteiger partial charge in [0.05, 0.1) is 33.0 Å². The van der Waals surface area contributed by atoms with E-state index in [1.54, 1.807) is 45.4 Å². The number of fused-ring (bicyclic) bond motifs is 1. The van der Waals surface area contributed by atoms with Crippen LogP contribution in [0.15, 0.2) is 30.0 Å². The second kappa shape index (κ2) is 8.38. The number of ether oxygens (including phenoxy) is 4. The van der Waals surface area contributed by atoms with Crippen molar-refractivity contribution in [3.8, 4) is 23.0 Å². The van der Waals surface area contributed by atoms with Gasteiger partial charge in [0, 0.05) is 17.2 Å². The quantitative estimate of drug-likeness (QED) is 0.743. The summed E-state index contributed by atoms with van der Waals surface area (Å²) in [5.74, 6) is 1.47. The van der Waals surface area contributed by atoms with E-state index in [0.717, 1.165) is 13.1 Å². The number of rotatable bonds is 5. The molecule has 0 spiro atoms. The van der Waals surface area contributed by atoms with Crippen LogP contribution in [-0.4, -0.2) is 46.3 Å². The predicted molar refractivity (Wildman–Crippen MR) is 108 cm³/mol. The zero-order chi connectivity index (χ0) is 21.3. The third kappa shape index (κ3) is 3.74. The van der Waals surface area contributed by atoms with Crippen LogP contribution in [0.5, 0.6) is 23.0 Å². The molecule has 0 unspecified atom stereocenters. The number of morpholine rings is 1. The third-order valence-electron chi connectivity index (χ3n) is 5.56. The second-order valence-corrected chi connectivity index (χ2v) is 7.46. The van der Waals surface area contributed by atoms with Crippen LogP contribution in [0, 0.1) is 6.92 Å². The standard InChI is InChI=1S/C23H25NO6/c1-14-10-18(25)17(13-24-6-8-29-9-7-24)23-21(14)22(26)20(30-23)11-15-4-5-16(27-2)12-19(15)28-3/h4-5,10-12,25H,6-9,13H2,1-3H3/b20-11-. The highest BCUT2D eigenvalue weighted by Gasteiger charge is 2.33. The summed E-state index contributed by atoms with van der Waals surface area (Å²) in [5.41, 5.74) is 2.34. The van der Waals surface area contributed by atoms with Crippen molar-refractivity contribution in [2.75, 3.05) is 40.5 Å². The van der Waals surface area contributed by atoms with Crippen molar-refractivity contribution in [2.45, 2.75) is 13.5 Å². The lowest BCUT2D eigenvalue weighted by atomic mass is 9.99. The van der Waals surface area contributed by atoms with Gasteiger partial charge in [0.1, 0.15) is 36.9 Å². The molecule has 0 bridgehead atoms. The highest BCUT2D eigenvalue weighted by molar-refractivity contribution is 6.16. The van der Waals surface area contributed by atoms with Gasteiger partial charge in [-0.3, -0.25) is 4.79 Å². The lowest BCUT2D eigenvalue weighted by Crippen LogP contribution is -3.12. The first-order valence-electron chi connectivity index (χ1n) is 9.93. The Balaban J connectivity index is 1.71. The Hall–Kier alpha value is -3.03. The average Bonchev–Trinajstić information content (AvgIpc) is 3.08. The fraction of sp³-hybridized carbons (Fsp3) is 0.348. The fourth-order valence-corrected chi connectivity index (χ4v) is 3.90. The van der Waals surface area contributed by atoms with Crippen LogP contribution < -0.4 is 24.2 Å². The summed E-state index contributed by atoms with van der Waals surface area (Å²) in [4.78, 5) is 14.4. The second-order valence-electron chi connectivity index (χ2n) is 7.46. The number of carbonyl (C=O) groups is 1. The van der Waals surface area contributed by atoms with Crippen molar-refractivity contribution in [1.29, 1.82) is 0 Å². The molecule has 0 saturated carbocycles. The number of ketones is 1. The van der Waals surface area contributed by atoms with E-state index < -0.39 is 0 Å². The van der Waals surface area contributed by atoms with Crippen LogP contribution in [0.3, 0.4) is 0 Å². The number of benzene rings is 2. The van der Waals surface area contributed by atoms with Crippen LogP contribution in [0.25, 0.3) is 6.08 Å². The predicted octanol–water partition coefficient (Wildman–Crippen LogP) is 1.12. The van der Waals surface area contributed by atoms with Gasteiger partial charge >= 0.3 is 0 Å². The molecule has 4 rings (SSSR count). The Morgan fingerprint density at radius 2 is 1.93 bits per heavy atom. The lowest BCUT2D eigenvalue weighted by Gasteiger charge is -2.26. The smallest absolute Gasteiger partial charge is 0.232 e. The number of nitrogens with one attached hydrogen (secondary N) is 1. The van der Waals surface area contributed by atoms with Gasteiger partial charge in [-0.25, -0.2) is 0 Å². The van der Waals surface area contributed by atoms with Gasteiger partial charge in [-0.2, -0.15) is 0 Å². The first-order valence-corrected chi connectivity index (χ1v) is 9.93. The number of hydrogen-bond acceptors (Lipinski definition) is 6. The van der Waals surface area contributed by atoms with Gasteiger partial charge in [-0.1, -0.05) is 11.8 Å². The summed E-state index contributed by atoms with van der Waals surface area (Å²) < 4.78 is 22.0. The molecule has 1 saturated heterocycles. The molecule has 0 aliphatic carbocycles. The zero-order valence-electron chi connectivity index (χ0n) is 17.4. The molecule has 0 amide bonds. The maximum absolute atomic E-state index is 13.1. The number of methoxy groups -OCH3 is 2. The van der Waals surface area contributed by atoms with Crippen molar-refractivity contribution >= 4 is 11.9 Å². The molecule has 7 nitrogen and oxygen atoms in total. The van der Waals surface area contributed by atoms with Gasteiger partial charge in [0.25, 0.3) is 0 Å². The molecule has 2 aromatic rings. The molecule has 158 valence electrons. The van der Waals surface area contributed by atoms with Gasteiger partial charge in [-0.05, 0) is 30.7 Å². The van der Waals surface area contributed by atoms with E-state index in [0.29, 0.717) is 59.3 Å². The van der Waals surface area contributed by atoms with E-state index in [4.69, 9.17) is 18.9 Å². The van der Waals surface area contributed by atoms with E-state index in [1.807, 2.05) is 0 Å². The number of allylic oxidation sites excluding steroid dienone is 1. The molecule has 2 aliphatic rings. The van der Waals surface area contributed by atoms with Gasteiger partial charge in [-0.15, -0.1) is 0 Å². The van der Waals surface area contributed by atoms with Crippen molar-refractivity contribution in [1.82, 2.24) is 0 Å². The number of carbonyl (C=O) groups excluding carboxylic acids is 1. The number of quaternary nitrogens is 1. The molecule has 30 heavy (non-hydrogen) atoms. The summed E-state index contributed by atoms with van der Waals surface area (Å²) >= 11 is 0. The van der Waals surface area contributed by atoms with E-state index in [2.05, 4.69) is 0 Å². The summed E-state index contributed by atoms with van der Waals surface area (Å²) in [6, 6.07) is 6.87. The number of hydrogen-bond donors (Lipinski definition) is 1. The summed E-state index contributed by atoms with van der Waals surface area (Å²) in [6.45, 7) is 5.25. The molecule has 7 heteroatoms. The van der Waals surface area contributed by atoms with Crippen LogP contribution >= 0.6 is 0 Å². The molecular formula is C23H25NO6. The molecule has 1 N–H and O–H groups in total. The molecular weight excluding hydrogens is 386 g/mol. The first kappa shape index (κ1) is 20.3. The van der Waals surface area contributed by atoms with Crippen LogP contribution in [0.1, 0.15) is 27.0 Å². The van der Waals surface area contributed by atoms with Crippen LogP contribution in [-0.2, 0) is 11.3 Å². The first-order chi connectivity index (χ1) is 14.5. The normalized spacial score (nSPS) is 17.7. The molecule has 0 aromatic heterocycles. The Bertz CT molecular complexity index is 1010. The Kier molecular flexibility index (Phi) is 5.65. The highest BCUT2D eigenvalue weighted by atomic mass is 16.5. The molecule has 2 aliphatic heterocycles. The van der Waals surface area contributed by atoms with Crippen LogP contribution in [0.2, 0.25) is 0 Å². The maximum atomic E-state index is 13.1. The van der Waals surface area contributed by atoms with E-state index in [-0.39, 0.29) is 17.3 Å². The highest BCUT2D eigenvalue weighted by Crippen LogP contribution is 2.41. The van der Waals surface area contributed by atoms with Crippen molar-refractivity contribution in [3.05, 3.63) is 52.3 Å². The minimum Gasteiger partial charge on any atom is -0.872 e. The van der Waals surface area contributed by atoms with E-state index in [1.165, 1.54) is 11.0 Å². The van der Waals surface area contributed by atoms with Crippen molar-refractivity contribution < 1.29 is 33.7 Å². The van der Waals surface area contributed by atoms with Gasteiger partial charge in [0.2, 0.25) is 5.78 Å². The van der Waals surface area contributed by atoms with E-state index >= 15 is 0 Å². The van der Waals surface area contributed by atoms with E-state index in [9.17, 15) is 9.90 Å². The van der Waals surface area contributed by atoms with Crippen LogP contribution in [0.4, 0.5) is 0 Å². The van der Waals surface area contributed by atoms with Gasteiger partial charge in [0.15, 0.2) is 5.76 Å². The lowest BCUT2D eigenvalue weighted by molar-refractivity contribution is -0.921. The van der Waals surface area contributed by atoms with Crippen molar-refractivity contribution in [3.63, 3.8) is 0 Å². The third-order valence-corrected chi connectivity index (χ3v) is 5.56. The average molecular weight is 411 g/mol. The Morgan fingerprint density at radius 1 is 1.17 bits per heavy atom. The fourth-order valence-electron chi connectivity index (χ4n) is 3.90. The topological polar surface area (TPSA) is 81.5 Å². The number of aryl methyl sites for hydroxylation is 1. The van der Waals surface area contributed by atoms with Crippen molar-refractivity contribution in [2.24, 2.45) is 0 Å². The maximum Gasteiger partial charge on any atom is 0.232 e. The molecule has 0 radical (unpaired) electrons. The molecule has 2 heterocycles. The largest absolute Gasteiger partial charge is 0.872 e. The molecule has 2 aromatic carbocycles.